The van der Waals surface area contributed by atoms with Gasteiger partial charge >= 0.3 is 6.18 Å². The summed E-state index contributed by atoms with van der Waals surface area (Å²) in [4.78, 5) is 0. The molecule has 1 nitrogen and oxygen atoms in total. The summed E-state index contributed by atoms with van der Waals surface area (Å²) in [5, 5.41) is 9.57. The van der Waals surface area contributed by atoms with E-state index in [-0.39, 0.29) is 12.3 Å². The molecule has 4 heteroatoms. The number of fused-ring (bicyclic) bond motifs is 2. The van der Waals surface area contributed by atoms with Gasteiger partial charge in [0.15, 0.2) is 5.60 Å². The molecule has 2 bridgehead atoms. The fraction of sp³-hybridized carbons (Fsp3) is 1.00. The molecule has 0 aromatic carbocycles. The van der Waals surface area contributed by atoms with Gasteiger partial charge in [-0.25, -0.2) is 0 Å². The van der Waals surface area contributed by atoms with Gasteiger partial charge in [-0.2, -0.15) is 13.2 Å². The van der Waals surface area contributed by atoms with Crippen LogP contribution in [0.15, 0.2) is 0 Å². The Kier molecular flexibility index (Phi) is 3.00. The minimum absolute atomic E-state index is 0.0443. The van der Waals surface area contributed by atoms with Crippen molar-refractivity contribution in [2.75, 3.05) is 0 Å². The molecule has 0 heterocycles. The highest BCUT2D eigenvalue weighted by molar-refractivity contribution is 5.00. The van der Waals surface area contributed by atoms with Crippen molar-refractivity contribution in [1.82, 2.24) is 0 Å². The number of aliphatic hydroxyl groups is 1. The third-order valence-electron chi connectivity index (χ3n) is 5.30. The number of halogens is 3. The standard InChI is InChI=1S/C13H21F3O/c1-7-8(2)11-5-9(7)4-10(11)6-12(3,17)13(14,15)16/h7-11,17H,4-6H2,1-3H3. The molecule has 2 saturated carbocycles. The first-order chi connectivity index (χ1) is 7.63. The number of rotatable bonds is 2. The fourth-order valence-corrected chi connectivity index (χ4v) is 3.96. The summed E-state index contributed by atoms with van der Waals surface area (Å²) in [7, 11) is 0. The highest BCUT2D eigenvalue weighted by Crippen LogP contribution is 2.57. The second kappa shape index (κ2) is 3.87. The Hall–Kier alpha value is -0.250. The van der Waals surface area contributed by atoms with E-state index in [0.717, 1.165) is 19.8 Å². The lowest BCUT2D eigenvalue weighted by molar-refractivity contribution is -0.260. The molecule has 0 amide bonds. The van der Waals surface area contributed by atoms with Crippen molar-refractivity contribution in [2.24, 2.45) is 29.6 Å². The van der Waals surface area contributed by atoms with E-state index in [1.165, 1.54) is 0 Å². The molecule has 0 radical (unpaired) electrons. The summed E-state index contributed by atoms with van der Waals surface area (Å²) >= 11 is 0. The highest BCUT2D eigenvalue weighted by atomic mass is 19.4. The van der Waals surface area contributed by atoms with Crippen LogP contribution >= 0.6 is 0 Å². The van der Waals surface area contributed by atoms with Crippen LogP contribution in [-0.4, -0.2) is 16.9 Å². The fourth-order valence-electron chi connectivity index (χ4n) is 3.96. The quantitative estimate of drug-likeness (QED) is 0.793. The van der Waals surface area contributed by atoms with Gasteiger partial charge in [-0.05, 0) is 55.8 Å². The Morgan fingerprint density at radius 3 is 2.12 bits per heavy atom. The average Bonchev–Trinajstić information content (AvgIpc) is 2.66. The van der Waals surface area contributed by atoms with Crippen LogP contribution < -0.4 is 0 Å². The van der Waals surface area contributed by atoms with Crippen LogP contribution in [-0.2, 0) is 0 Å². The van der Waals surface area contributed by atoms with Gasteiger partial charge in [0.25, 0.3) is 0 Å². The zero-order valence-electron chi connectivity index (χ0n) is 10.6. The summed E-state index contributed by atoms with van der Waals surface area (Å²) in [5.74, 6) is 2.13. The van der Waals surface area contributed by atoms with Gasteiger partial charge in [0.2, 0.25) is 0 Å². The third-order valence-corrected chi connectivity index (χ3v) is 5.30. The lowest BCUT2D eigenvalue weighted by Gasteiger charge is -2.36. The Balaban J connectivity index is 2.04. The lowest BCUT2D eigenvalue weighted by atomic mass is 9.72. The van der Waals surface area contributed by atoms with E-state index in [0.29, 0.717) is 23.7 Å². The predicted molar refractivity (Wildman–Crippen MR) is 59.3 cm³/mol. The van der Waals surface area contributed by atoms with Crippen LogP contribution in [0.1, 0.15) is 40.0 Å². The average molecular weight is 250 g/mol. The van der Waals surface area contributed by atoms with Gasteiger partial charge in [-0.3, -0.25) is 0 Å². The second-order valence-corrected chi connectivity index (χ2v) is 6.35. The molecule has 0 aromatic rings. The van der Waals surface area contributed by atoms with Crippen molar-refractivity contribution in [1.29, 1.82) is 0 Å². The van der Waals surface area contributed by atoms with Gasteiger partial charge in [0, 0.05) is 0 Å². The Morgan fingerprint density at radius 2 is 1.71 bits per heavy atom. The first kappa shape index (κ1) is 13.2. The van der Waals surface area contributed by atoms with E-state index in [2.05, 4.69) is 13.8 Å². The van der Waals surface area contributed by atoms with Crippen LogP contribution in [0, 0.1) is 29.6 Å². The molecule has 2 rings (SSSR count). The van der Waals surface area contributed by atoms with Gasteiger partial charge in [0.05, 0.1) is 0 Å². The number of alkyl halides is 3. The number of hydrogen-bond donors (Lipinski definition) is 1. The molecule has 0 saturated heterocycles. The topological polar surface area (TPSA) is 20.2 Å². The minimum Gasteiger partial charge on any atom is -0.381 e. The molecule has 0 aromatic heterocycles. The molecule has 2 aliphatic carbocycles. The van der Waals surface area contributed by atoms with Crippen LogP contribution in [0.3, 0.4) is 0 Å². The summed E-state index contributed by atoms with van der Waals surface area (Å²) in [5.41, 5.74) is -2.52. The molecule has 2 aliphatic rings. The Morgan fingerprint density at radius 1 is 1.12 bits per heavy atom. The molecule has 100 valence electrons. The normalized spacial score (nSPS) is 45.0. The monoisotopic (exact) mass is 250 g/mol. The van der Waals surface area contributed by atoms with Crippen molar-refractivity contribution < 1.29 is 18.3 Å². The zero-order valence-corrected chi connectivity index (χ0v) is 10.6. The molecule has 1 N–H and O–H groups in total. The van der Waals surface area contributed by atoms with Crippen molar-refractivity contribution in [3.63, 3.8) is 0 Å². The molecule has 6 unspecified atom stereocenters. The highest BCUT2D eigenvalue weighted by Gasteiger charge is 2.55. The maximum atomic E-state index is 12.7. The van der Waals surface area contributed by atoms with Crippen molar-refractivity contribution >= 4 is 0 Å². The summed E-state index contributed by atoms with van der Waals surface area (Å²) in [6.45, 7) is 5.25. The largest absolute Gasteiger partial charge is 0.416 e. The maximum Gasteiger partial charge on any atom is 0.416 e. The Labute approximate surface area is 100 Å². The molecule has 6 atom stereocenters. The third kappa shape index (κ3) is 2.09. The van der Waals surface area contributed by atoms with E-state index >= 15 is 0 Å². The first-order valence-corrected chi connectivity index (χ1v) is 6.42. The smallest absolute Gasteiger partial charge is 0.381 e. The predicted octanol–water partition coefficient (Wildman–Crippen LogP) is 3.62. The minimum atomic E-state index is -4.51. The van der Waals surface area contributed by atoms with E-state index < -0.39 is 11.8 Å². The summed E-state index contributed by atoms with van der Waals surface area (Å²) < 4.78 is 38.0. The first-order valence-electron chi connectivity index (χ1n) is 6.42. The van der Waals surface area contributed by atoms with Crippen molar-refractivity contribution in [3.8, 4) is 0 Å². The van der Waals surface area contributed by atoms with Crippen LogP contribution in [0.4, 0.5) is 13.2 Å². The van der Waals surface area contributed by atoms with Crippen molar-refractivity contribution in [3.05, 3.63) is 0 Å². The number of hydrogen-bond acceptors (Lipinski definition) is 1. The Bertz CT molecular complexity index is 296. The van der Waals surface area contributed by atoms with E-state index in [4.69, 9.17) is 0 Å². The van der Waals surface area contributed by atoms with Crippen LogP contribution in [0.5, 0.6) is 0 Å². The van der Waals surface area contributed by atoms with E-state index in [1.807, 2.05) is 0 Å². The molecule has 0 spiro atoms. The zero-order chi connectivity index (χ0) is 13.0. The van der Waals surface area contributed by atoms with Gasteiger partial charge in [-0.1, -0.05) is 13.8 Å². The molecular weight excluding hydrogens is 229 g/mol. The van der Waals surface area contributed by atoms with Crippen LogP contribution in [0.2, 0.25) is 0 Å². The van der Waals surface area contributed by atoms with Gasteiger partial charge in [0.1, 0.15) is 0 Å². The second-order valence-electron chi connectivity index (χ2n) is 6.35. The molecular formula is C13H21F3O. The summed E-state index contributed by atoms with van der Waals surface area (Å²) in [6, 6.07) is 0. The lowest BCUT2D eigenvalue weighted by Crippen LogP contribution is -2.45. The van der Waals surface area contributed by atoms with Crippen LogP contribution in [0.25, 0.3) is 0 Å². The van der Waals surface area contributed by atoms with Crippen molar-refractivity contribution in [2.45, 2.75) is 51.8 Å². The van der Waals surface area contributed by atoms with E-state index in [9.17, 15) is 18.3 Å². The summed E-state index contributed by atoms with van der Waals surface area (Å²) in [6.07, 6.45) is -2.72. The maximum absolute atomic E-state index is 12.7. The van der Waals surface area contributed by atoms with E-state index in [1.54, 1.807) is 0 Å². The SMILES string of the molecule is CC1C2CC(CC(C)(O)C(F)(F)F)C(C2)C1C. The van der Waals surface area contributed by atoms with Gasteiger partial charge < -0.3 is 5.11 Å². The molecule has 2 fully saturated rings. The molecule has 17 heavy (non-hydrogen) atoms. The van der Waals surface area contributed by atoms with Gasteiger partial charge in [-0.15, -0.1) is 0 Å². The molecule has 0 aliphatic heterocycles.